The smallest absolute Gasteiger partial charge is 0.147 e. The van der Waals surface area contributed by atoms with Crippen LogP contribution in [0.15, 0.2) is 6.33 Å². The lowest BCUT2D eigenvalue weighted by atomic mass is 10.1. The zero-order valence-corrected chi connectivity index (χ0v) is 14.0. The zero-order chi connectivity index (χ0) is 15.7. The molecule has 0 aromatic carbocycles. The Morgan fingerprint density at radius 1 is 1.05 bits per heavy atom. The molecule has 0 bridgehead atoms. The molecule has 0 aliphatic heterocycles. The van der Waals surface area contributed by atoms with E-state index < -0.39 is 9.84 Å². The Kier molecular flexibility index (Phi) is 7.42. The SMILES string of the molecule is CCCNc1ncnc(NCCCS(C)(=O)=O)c1CCC. The van der Waals surface area contributed by atoms with E-state index in [0.29, 0.717) is 13.0 Å². The molecule has 0 amide bonds. The van der Waals surface area contributed by atoms with Gasteiger partial charge in [-0.3, -0.25) is 0 Å². The fourth-order valence-electron chi connectivity index (χ4n) is 1.99. The van der Waals surface area contributed by atoms with Crippen LogP contribution in [0, 0.1) is 0 Å². The summed E-state index contributed by atoms with van der Waals surface area (Å²) in [6.07, 6.45) is 6.30. The third kappa shape index (κ3) is 6.75. The molecule has 1 aromatic rings. The molecule has 7 heteroatoms. The minimum Gasteiger partial charge on any atom is -0.370 e. The molecule has 1 rings (SSSR count). The first-order valence-corrected chi connectivity index (χ1v) is 9.53. The first-order chi connectivity index (χ1) is 9.98. The molecule has 0 aliphatic carbocycles. The average molecular weight is 314 g/mol. The Balaban J connectivity index is 2.71. The van der Waals surface area contributed by atoms with Gasteiger partial charge in [-0.25, -0.2) is 18.4 Å². The highest BCUT2D eigenvalue weighted by atomic mass is 32.2. The molecule has 21 heavy (non-hydrogen) atoms. The molecule has 0 atom stereocenters. The van der Waals surface area contributed by atoms with Gasteiger partial charge in [0.25, 0.3) is 0 Å². The van der Waals surface area contributed by atoms with Crippen LogP contribution < -0.4 is 10.6 Å². The minimum atomic E-state index is -2.90. The van der Waals surface area contributed by atoms with Crippen LogP contribution in [0.3, 0.4) is 0 Å². The predicted octanol–water partition coefficient (Wildman–Crippen LogP) is 2.10. The molecule has 0 unspecified atom stereocenters. The molecule has 2 N–H and O–H groups in total. The standard InChI is InChI=1S/C14H26N4O2S/c1-4-7-12-13(15-8-5-2)17-11-18-14(12)16-9-6-10-21(3,19)20/h11H,4-10H2,1-3H3,(H2,15,16,17,18). The maximum atomic E-state index is 11.1. The fraction of sp³-hybridized carbons (Fsp3) is 0.714. The summed E-state index contributed by atoms with van der Waals surface area (Å²) in [5, 5.41) is 6.55. The summed E-state index contributed by atoms with van der Waals surface area (Å²) in [6, 6.07) is 0. The summed E-state index contributed by atoms with van der Waals surface area (Å²) < 4.78 is 22.2. The van der Waals surface area contributed by atoms with E-state index in [9.17, 15) is 8.42 Å². The number of hydrogen-bond acceptors (Lipinski definition) is 6. The molecule has 0 saturated heterocycles. The maximum Gasteiger partial charge on any atom is 0.147 e. The van der Waals surface area contributed by atoms with Gasteiger partial charge in [0.1, 0.15) is 27.8 Å². The van der Waals surface area contributed by atoms with Gasteiger partial charge in [0, 0.05) is 24.9 Å². The summed E-state index contributed by atoms with van der Waals surface area (Å²) in [6.45, 7) is 5.69. The molecule has 0 fully saturated rings. The highest BCUT2D eigenvalue weighted by molar-refractivity contribution is 7.90. The van der Waals surface area contributed by atoms with Crippen molar-refractivity contribution in [3.63, 3.8) is 0 Å². The second-order valence-electron chi connectivity index (χ2n) is 5.14. The Morgan fingerprint density at radius 2 is 1.67 bits per heavy atom. The summed E-state index contributed by atoms with van der Waals surface area (Å²) in [4.78, 5) is 8.59. The second kappa shape index (κ2) is 8.81. The number of aromatic nitrogens is 2. The summed E-state index contributed by atoms with van der Waals surface area (Å²) in [5.41, 5.74) is 1.08. The van der Waals surface area contributed by atoms with Gasteiger partial charge < -0.3 is 10.6 Å². The maximum absolute atomic E-state index is 11.1. The number of nitrogens with zero attached hydrogens (tertiary/aromatic N) is 2. The van der Waals surface area contributed by atoms with E-state index in [-0.39, 0.29) is 5.75 Å². The molecular formula is C14H26N4O2S. The van der Waals surface area contributed by atoms with Crippen LogP contribution in [-0.4, -0.2) is 43.5 Å². The normalized spacial score (nSPS) is 11.4. The lowest BCUT2D eigenvalue weighted by Crippen LogP contribution is -2.14. The van der Waals surface area contributed by atoms with Crippen molar-refractivity contribution >= 4 is 21.5 Å². The van der Waals surface area contributed by atoms with E-state index in [1.807, 2.05) is 0 Å². The lowest BCUT2D eigenvalue weighted by molar-refractivity contribution is 0.600. The highest BCUT2D eigenvalue weighted by Gasteiger charge is 2.10. The lowest BCUT2D eigenvalue weighted by Gasteiger charge is -2.14. The van der Waals surface area contributed by atoms with Gasteiger partial charge in [-0.05, 0) is 19.3 Å². The minimum absolute atomic E-state index is 0.190. The molecule has 0 radical (unpaired) electrons. The molecule has 6 nitrogen and oxygen atoms in total. The third-order valence-corrected chi connectivity index (χ3v) is 4.00. The van der Waals surface area contributed by atoms with Crippen LogP contribution in [0.1, 0.15) is 38.7 Å². The number of sulfone groups is 1. The largest absolute Gasteiger partial charge is 0.370 e. The average Bonchev–Trinajstić information content (AvgIpc) is 2.42. The Bertz CT molecular complexity index is 532. The molecule has 0 saturated carbocycles. The Labute approximate surface area is 127 Å². The molecule has 1 aromatic heterocycles. The van der Waals surface area contributed by atoms with Crippen LogP contribution in [-0.2, 0) is 16.3 Å². The zero-order valence-electron chi connectivity index (χ0n) is 13.1. The van der Waals surface area contributed by atoms with Crippen LogP contribution in [0.25, 0.3) is 0 Å². The van der Waals surface area contributed by atoms with Crippen molar-refractivity contribution in [1.82, 2.24) is 9.97 Å². The predicted molar refractivity (Wildman–Crippen MR) is 87.6 cm³/mol. The Morgan fingerprint density at radius 3 is 2.19 bits per heavy atom. The molecular weight excluding hydrogens is 288 g/mol. The van der Waals surface area contributed by atoms with Crippen molar-refractivity contribution in [2.24, 2.45) is 0 Å². The van der Waals surface area contributed by atoms with Crippen LogP contribution in [0.2, 0.25) is 0 Å². The van der Waals surface area contributed by atoms with Crippen molar-refractivity contribution in [3.8, 4) is 0 Å². The van der Waals surface area contributed by atoms with Gasteiger partial charge >= 0.3 is 0 Å². The van der Waals surface area contributed by atoms with E-state index in [0.717, 1.165) is 43.0 Å². The molecule has 120 valence electrons. The monoisotopic (exact) mass is 314 g/mol. The highest BCUT2D eigenvalue weighted by Crippen LogP contribution is 2.21. The van der Waals surface area contributed by atoms with Crippen molar-refractivity contribution in [1.29, 1.82) is 0 Å². The van der Waals surface area contributed by atoms with Crippen molar-refractivity contribution in [2.45, 2.75) is 39.5 Å². The number of hydrogen-bond donors (Lipinski definition) is 2. The van der Waals surface area contributed by atoms with Gasteiger partial charge in [-0.1, -0.05) is 20.3 Å². The van der Waals surface area contributed by atoms with Crippen LogP contribution >= 0.6 is 0 Å². The van der Waals surface area contributed by atoms with Crippen molar-refractivity contribution in [3.05, 3.63) is 11.9 Å². The van der Waals surface area contributed by atoms with Crippen LogP contribution in [0.5, 0.6) is 0 Å². The van der Waals surface area contributed by atoms with Crippen molar-refractivity contribution < 1.29 is 8.42 Å². The van der Waals surface area contributed by atoms with Crippen LogP contribution in [0.4, 0.5) is 11.6 Å². The first kappa shape index (κ1) is 17.7. The van der Waals surface area contributed by atoms with Gasteiger partial charge in [-0.15, -0.1) is 0 Å². The van der Waals surface area contributed by atoms with E-state index >= 15 is 0 Å². The van der Waals surface area contributed by atoms with E-state index in [1.54, 1.807) is 0 Å². The molecule has 0 aliphatic rings. The van der Waals surface area contributed by atoms with E-state index in [2.05, 4.69) is 34.4 Å². The summed E-state index contributed by atoms with van der Waals surface area (Å²) in [5.74, 6) is 1.87. The van der Waals surface area contributed by atoms with Crippen molar-refractivity contribution in [2.75, 3.05) is 35.7 Å². The first-order valence-electron chi connectivity index (χ1n) is 7.47. The molecule has 0 spiro atoms. The summed E-state index contributed by atoms with van der Waals surface area (Å²) in [7, 11) is -2.90. The number of nitrogens with one attached hydrogen (secondary N) is 2. The summed E-state index contributed by atoms with van der Waals surface area (Å²) >= 11 is 0. The Hall–Kier alpha value is -1.37. The van der Waals surface area contributed by atoms with Gasteiger partial charge in [-0.2, -0.15) is 0 Å². The third-order valence-electron chi connectivity index (χ3n) is 2.97. The van der Waals surface area contributed by atoms with E-state index in [4.69, 9.17) is 0 Å². The number of rotatable bonds is 10. The van der Waals surface area contributed by atoms with Gasteiger partial charge in [0.15, 0.2) is 0 Å². The van der Waals surface area contributed by atoms with Gasteiger partial charge in [0.2, 0.25) is 0 Å². The van der Waals surface area contributed by atoms with E-state index in [1.165, 1.54) is 12.6 Å². The number of anilines is 2. The second-order valence-corrected chi connectivity index (χ2v) is 7.40. The topological polar surface area (TPSA) is 84.0 Å². The molecule has 1 heterocycles. The fourth-order valence-corrected chi connectivity index (χ4v) is 2.66. The quantitative estimate of drug-likeness (QED) is 0.643. The van der Waals surface area contributed by atoms with Gasteiger partial charge in [0.05, 0.1) is 5.75 Å².